The molecule has 1 fully saturated rings. The molecule has 1 aromatic heterocycles. The average Bonchev–Trinajstić information content (AvgIpc) is 2.87. The van der Waals surface area contributed by atoms with Crippen molar-refractivity contribution >= 4 is 26.2 Å². The first kappa shape index (κ1) is 17.6. The van der Waals surface area contributed by atoms with Crippen molar-refractivity contribution in [3.05, 3.63) is 34.7 Å². The number of rotatable bonds is 1. The number of hydrogen-bond donors (Lipinski definition) is 2. The minimum Gasteiger partial charge on any atom is -0.506 e. The number of fused-ring (bicyclic) bond motifs is 1. The van der Waals surface area contributed by atoms with Crippen LogP contribution >= 0.6 is 0 Å². The van der Waals surface area contributed by atoms with E-state index in [-0.39, 0.29) is 11.3 Å². The topological polar surface area (TPSA) is 70.2 Å². The molecule has 23 heavy (non-hydrogen) atoms. The highest BCUT2D eigenvalue weighted by atomic mass is 32.2. The summed E-state index contributed by atoms with van der Waals surface area (Å²) in [6.45, 7) is 4.72. The number of aromatic amines is 1. The molecule has 1 unspecified atom stereocenters. The molecule has 5 heteroatoms. The summed E-state index contributed by atoms with van der Waals surface area (Å²) in [5.74, 6) is 3.55. The largest absolute Gasteiger partial charge is 0.506 e. The molecule has 1 aliphatic rings. The molecule has 0 bridgehead atoms. The zero-order chi connectivity index (χ0) is 17.3. The van der Waals surface area contributed by atoms with Crippen molar-refractivity contribution in [1.29, 1.82) is 0 Å². The number of nitrogens with one attached hydrogen (secondary N) is 1. The first-order chi connectivity index (χ1) is 10.6. The zero-order valence-corrected chi connectivity index (χ0v) is 14.8. The van der Waals surface area contributed by atoms with Crippen molar-refractivity contribution in [2.75, 3.05) is 6.26 Å². The second-order valence-corrected chi connectivity index (χ2v) is 9.57. The smallest absolute Gasteiger partial charge is 0.256 e. The molecule has 1 aromatic carbocycles. The maximum Gasteiger partial charge on any atom is 0.256 e. The number of aromatic hydroxyl groups is 1. The second kappa shape index (κ2) is 6.40. The van der Waals surface area contributed by atoms with E-state index in [1.165, 1.54) is 44.2 Å². The Morgan fingerprint density at radius 3 is 2.30 bits per heavy atom. The van der Waals surface area contributed by atoms with Crippen LogP contribution in [0.2, 0.25) is 0 Å². The van der Waals surface area contributed by atoms with Gasteiger partial charge in [0.1, 0.15) is 5.75 Å². The van der Waals surface area contributed by atoms with Crippen LogP contribution < -0.4 is 5.56 Å². The summed E-state index contributed by atoms with van der Waals surface area (Å²) >= 11 is 0. The van der Waals surface area contributed by atoms with Gasteiger partial charge < -0.3 is 10.1 Å². The third-order valence-electron chi connectivity index (χ3n) is 4.31. The summed E-state index contributed by atoms with van der Waals surface area (Å²) in [5.41, 5.74) is 0.373. The highest BCUT2D eigenvalue weighted by Gasteiger charge is 2.21. The zero-order valence-electron chi connectivity index (χ0n) is 14.0. The standard InChI is InChI=1S/C11H11NO3S.C7H14/c1-16(2,15)7-3-4-8-9(5-7)11(14)12-6-10(8)13;1-7(2)5-3-4-6-7/h3-6,13H,1H2,2H3,(H,12,14);3-6H2,1-2H3. The summed E-state index contributed by atoms with van der Waals surface area (Å²) in [6, 6.07) is 4.68. The molecule has 1 saturated carbocycles. The van der Waals surface area contributed by atoms with E-state index in [9.17, 15) is 14.1 Å². The highest BCUT2D eigenvalue weighted by Crippen LogP contribution is 2.36. The maximum absolute atomic E-state index is 11.7. The average molecular weight is 335 g/mol. The van der Waals surface area contributed by atoms with Gasteiger partial charge in [-0.15, -0.1) is 0 Å². The van der Waals surface area contributed by atoms with Gasteiger partial charge in [-0.25, -0.2) is 0 Å². The van der Waals surface area contributed by atoms with Crippen LogP contribution in [0.4, 0.5) is 0 Å². The highest BCUT2D eigenvalue weighted by molar-refractivity contribution is 7.99. The van der Waals surface area contributed by atoms with Gasteiger partial charge in [0, 0.05) is 22.7 Å². The van der Waals surface area contributed by atoms with Gasteiger partial charge in [0.25, 0.3) is 5.56 Å². The Hall–Kier alpha value is -1.75. The second-order valence-electron chi connectivity index (χ2n) is 7.09. The third kappa shape index (κ3) is 4.38. The van der Waals surface area contributed by atoms with Gasteiger partial charge in [0.05, 0.1) is 5.39 Å². The molecule has 126 valence electrons. The summed E-state index contributed by atoms with van der Waals surface area (Å²) in [4.78, 5) is 14.4. The molecule has 0 saturated heterocycles. The van der Waals surface area contributed by atoms with Crippen molar-refractivity contribution in [3.63, 3.8) is 0 Å². The summed E-state index contributed by atoms with van der Waals surface area (Å²) < 4.78 is 11.7. The number of aromatic nitrogens is 1. The first-order valence-corrected chi connectivity index (χ1v) is 9.90. The van der Waals surface area contributed by atoms with Crippen LogP contribution in [-0.2, 0) is 9.52 Å². The molecular formula is C18H25NO3S. The molecular weight excluding hydrogens is 310 g/mol. The van der Waals surface area contributed by atoms with Crippen LogP contribution in [0.15, 0.2) is 34.1 Å². The SMILES string of the molecule is C=S(C)(=O)c1ccc2c(O)c[nH]c(=O)c2c1.CC1(C)CCCC1. The fourth-order valence-electron chi connectivity index (χ4n) is 2.82. The van der Waals surface area contributed by atoms with Crippen LogP contribution in [0.3, 0.4) is 0 Å². The van der Waals surface area contributed by atoms with Crippen molar-refractivity contribution in [2.24, 2.45) is 5.41 Å². The molecule has 0 amide bonds. The van der Waals surface area contributed by atoms with Gasteiger partial charge in [-0.1, -0.05) is 26.7 Å². The van der Waals surface area contributed by atoms with Gasteiger partial charge >= 0.3 is 0 Å². The molecule has 3 rings (SSSR count). The monoisotopic (exact) mass is 335 g/mol. The van der Waals surface area contributed by atoms with Gasteiger partial charge in [0.2, 0.25) is 0 Å². The molecule has 0 aliphatic heterocycles. The van der Waals surface area contributed by atoms with Gasteiger partial charge in [-0.05, 0) is 51.8 Å². The van der Waals surface area contributed by atoms with E-state index < -0.39 is 9.52 Å². The molecule has 2 N–H and O–H groups in total. The van der Waals surface area contributed by atoms with Crippen LogP contribution in [0, 0.1) is 5.41 Å². The Balaban J connectivity index is 0.000000229. The Kier molecular flexibility index (Phi) is 4.90. The summed E-state index contributed by atoms with van der Waals surface area (Å²) in [6.07, 6.45) is 8.57. The first-order valence-electron chi connectivity index (χ1n) is 7.77. The fourth-order valence-corrected chi connectivity index (χ4v) is 3.55. The number of pyridine rings is 1. The van der Waals surface area contributed by atoms with Gasteiger partial charge in [0.15, 0.2) is 0 Å². The van der Waals surface area contributed by atoms with E-state index in [0.29, 0.717) is 21.1 Å². The van der Waals surface area contributed by atoms with Crippen LogP contribution in [0.25, 0.3) is 10.8 Å². The van der Waals surface area contributed by atoms with E-state index in [1.807, 2.05) is 0 Å². The van der Waals surface area contributed by atoms with Gasteiger partial charge in [-0.2, -0.15) is 0 Å². The Morgan fingerprint density at radius 2 is 1.83 bits per heavy atom. The lowest BCUT2D eigenvalue weighted by Crippen LogP contribution is -2.06. The van der Waals surface area contributed by atoms with Crippen molar-refractivity contribution in [3.8, 4) is 5.75 Å². The molecule has 0 radical (unpaired) electrons. The van der Waals surface area contributed by atoms with E-state index in [0.717, 1.165) is 0 Å². The van der Waals surface area contributed by atoms with Crippen molar-refractivity contribution < 1.29 is 9.32 Å². The van der Waals surface area contributed by atoms with Crippen molar-refractivity contribution in [2.45, 2.75) is 44.4 Å². The van der Waals surface area contributed by atoms with Crippen LogP contribution in [-0.4, -0.2) is 26.4 Å². The molecule has 0 spiro atoms. The number of H-pyrrole nitrogens is 1. The van der Waals surface area contributed by atoms with Gasteiger partial charge in [-0.3, -0.25) is 9.00 Å². The molecule has 2 aromatic rings. The van der Waals surface area contributed by atoms with E-state index in [4.69, 9.17) is 0 Å². The minimum absolute atomic E-state index is 0.00665. The predicted octanol–water partition coefficient (Wildman–Crippen LogP) is 3.53. The lowest BCUT2D eigenvalue weighted by Gasteiger charge is -2.13. The number of hydrogen-bond acceptors (Lipinski definition) is 3. The fraction of sp³-hybridized carbons (Fsp3) is 0.444. The number of benzene rings is 1. The molecule has 1 heterocycles. The van der Waals surface area contributed by atoms with Crippen LogP contribution in [0.1, 0.15) is 39.5 Å². The Bertz CT molecular complexity index is 855. The lowest BCUT2D eigenvalue weighted by atomic mass is 9.92. The Morgan fingerprint density at radius 1 is 1.22 bits per heavy atom. The molecule has 4 nitrogen and oxygen atoms in total. The summed E-state index contributed by atoms with van der Waals surface area (Å²) in [5, 5.41) is 10.3. The summed E-state index contributed by atoms with van der Waals surface area (Å²) in [7, 11) is -2.36. The third-order valence-corrected chi connectivity index (χ3v) is 5.56. The molecule has 1 atom stereocenters. The maximum atomic E-state index is 11.7. The minimum atomic E-state index is -2.36. The van der Waals surface area contributed by atoms with E-state index in [1.54, 1.807) is 12.1 Å². The van der Waals surface area contributed by atoms with E-state index in [2.05, 4.69) is 24.7 Å². The predicted molar refractivity (Wildman–Crippen MR) is 97.9 cm³/mol. The normalized spacial score (nSPS) is 18.9. The molecule has 1 aliphatic carbocycles. The van der Waals surface area contributed by atoms with E-state index >= 15 is 0 Å². The van der Waals surface area contributed by atoms with Crippen LogP contribution in [0.5, 0.6) is 5.75 Å². The quantitative estimate of drug-likeness (QED) is 0.783. The van der Waals surface area contributed by atoms with Crippen molar-refractivity contribution in [1.82, 2.24) is 4.98 Å². The Labute approximate surface area is 137 Å². The lowest BCUT2D eigenvalue weighted by molar-refractivity contribution is 0.382.